The number of aliphatic carboxylic acids is 1. The first-order valence-corrected chi connectivity index (χ1v) is 14.5. The van der Waals surface area contributed by atoms with E-state index in [1.165, 1.54) is 32.9 Å². The van der Waals surface area contributed by atoms with E-state index in [2.05, 4.69) is 25.7 Å². The van der Waals surface area contributed by atoms with Gasteiger partial charge in [0.05, 0.1) is 5.75 Å². The van der Waals surface area contributed by atoms with Gasteiger partial charge in [-0.25, -0.2) is 9.78 Å². The second kappa shape index (κ2) is 11.4. The van der Waals surface area contributed by atoms with Crippen LogP contribution in [0.15, 0.2) is 33.5 Å². The number of hydrogen-bond donors (Lipinski definition) is 4. The molecule has 206 valence electrons. The summed E-state index contributed by atoms with van der Waals surface area (Å²) in [6.45, 7) is 1.97. The van der Waals surface area contributed by atoms with Crippen molar-refractivity contribution < 1.29 is 60.4 Å². The smallest absolute Gasteiger partial charge is 1.00 e. The number of β-lactam (4-membered cyclic amide) rings is 1. The molecule has 3 fully saturated rings. The first-order valence-electron chi connectivity index (χ1n) is 12.5. The number of aliphatic hydroxyl groups excluding tert-OH is 1. The molecular formula is C24H26N7NaO6S2. The minimum absolute atomic E-state index is 0. The van der Waals surface area contributed by atoms with E-state index in [1.807, 2.05) is 0 Å². The van der Waals surface area contributed by atoms with Crippen molar-refractivity contribution in [1.82, 2.24) is 35.1 Å². The van der Waals surface area contributed by atoms with Crippen molar-refractivity contribution >= 4 is 53.0 Å². The van der Waals surface area contributed by atoms with Crippen molar-refractivity contribution in [3.8, 4) is 0 Å². The first kappa shape index (κ1) is 29.1. The van der Waals surface area contributed by atoms with Crippen LogP contribution in [0.25, 0.3) is 5.78 Å². The number of aliphatic hydroxyl groups is 1. The number of aromatic nitrogens is 4. The van der Waals surface area contributed by atoms with Gasteiger partial charge in [0, 0.05) is 23.6 Å². The fraction of sp³-hybridized carbons (Fsp3) is 0.458. The molecule has 4 N–H and O–H groups in total. The second-order valence-corrected chi connectivity index (χ2v) is 11.8. The van der Waals surface area contributed by atoms with E-state index in [0.29, 0.717) is 46.4 Å². The van der Waals surface area contributed by atoms with E-state index in [0.717, 1.165) is 18.4 Å². The Hall–Kier alpha value is -2.43. The van der Waals surface area contributed by atoms with Gasteiger partial charge < -0.3 is 22.3 Å². The maximum atomic E-state index is 13.2. The Labute approximate surface area is 260 Å². The molecular weight excluding hydrogens is 569 g/mol. The Morgan fingerprint density at radius 1 is 1.30 bits per heavy atom. The van der Waals surface area contributed by atoms with Gasteiger partial charge in [-0.05, 0) is 49.3 Å². The molecule has 3 amide bonds. The molecule has 2 aromatic rings. The molecule has 0 aromatic carbocycles. The van der Waals surface area contributed by atoms with Gasteiger partial charge in [0.25, 0.3) is 11.7 Å². The van der Waals surface area contributed by atoms with E-state index in [9.17, 15) is 29.4 Å². The molecule has 1 saturated carbocycles. The number of carbonyl (C=O) groups excluding carboxylic acids is 3. The van der Waals surface area contributed by atoms with Crippen LogP contribution in [0.3, 0.4) is 0 Å². The summed E-state index contributed by atoms with van der Waals surface area (Å²) in [7, 11) is 0. The number of carboxylic acid groups (broad SMARTS) is 1. The number of allylic oxidation sites excluding steroid dienone is 1. The molecule has 2 atom stereocenters. The predicted molar refractivity (Wildman–Crippen MR) is 140 cm³/mol. The largest absolute Gasteiger partial charge is 1.00 e. The molecule has 6 rings (SSSR count). The molecule has 40 heavy (non-hydrogen) atoms. The van der Waals surface area contributed by atoms with Crippen LogP contribution in [0.4, 0.5) is 0 Å². The Balaban J connectivity index is 0.00000194. The van der Waals surface area contributed by atoms with Crippen LogP contribution in [0.1, 0.15) is 32.2 Å². The second-order valence-electron chi connectivity index (χ2n) is 9.68. The number of hydrogen-bond acceptors (Lipinski definition) is 10. The summed E-state index contributed by atoms with van der Waals surface area (Å²) in [5, 5.41) is 29.2. The molecule has 0 spiro atoms. The Morgan fingerprint density at radius 2 is 2.08 bits per heavy atom. The van der Waals surface area contributed by atoms with Crippen LogP contribution in [0.5, 0.6) is 0 Å². The minimum Gasteiger partial charge on any atom is -1.00 e. The van der Waals surface area contributed by atoms with E-state index in [4.69, 9.17) is 0 Å². The zero-order valence-corrected chi connectivity index (χ0v) is 25.5. The number of fused-ring (bicyclic) bond motifs is 2. The van der Waals surface area contributed by atoms with Gasteiger partial charge in [-0.1, -0.05) is 11.8 Å². The molecule has 4 aliphatic rings. The summed E-state index contributed by atoms with van der Waals surface area (Å²) in [5.74, 6) is -1.28. The van der Waals surface area contributed by atoms with Gasteiger partial charge in [-0.3, -0.25) is 19.3 Å². The Morgan fingerprint density at radius 3 is 2.73 bits per heavy atom. The van der Waals surface area contributed by atoms with Crippen LogP contribution in [-0.4, -0.2) is 87.9 Å². The van der Waals surface area contributed by atoms with E-state index in [1.54, 1.807) is 13.0 Å². The van der Waals surface area contributed by atoms with Crippen molar-refractivity contribution in [3.63, 3.8) is 0 Å². The number of nitrogens with one attached hydrogen (secondary N) is 2. The van der Waals surface area contributed by atoms with Gasteiger partial charge in [-0.15, -0.1) is 16.9 Å². The third-order valence-corrected chi connectivity index (χ3v) is 9.27. The molecule has 3 aliphatic heterocycles. The molecule has 5 heterocycles. The topological polar surface area (TPSA) is 179 Å². The summed E-state index contributed by atoms with van der Waals surface area (Å²) < 4.78 is 1.45. The summed E-state index contributed by atoms with van der Waals surface area (Å²) in [6.07, 6.45) is 2.32. The molecule has 2 saturated heterocycles. The first-order chi connectivity index (χ1) is 18.8. The molecule has 1 aliphatic carbocycles. The normalized spacial score (nSPS) is 23.4. The molecule has 2 aromatic heterocycles. The van der Waals surface area contributed by atoms with Gasteiger partial charge in [-0.2, -0.15) is 9.50 Å². The van der Waals surface area contributed by atoms with Crippen molar-refractivity contribution in [2.24, 2.45) is 5.92 Å². The number of rotatable bonds is 8. The third-order valence-electron chi connectivity index (χ3n) is 7.00. The average Bonchev–Trinajstić information content (AvgIpc) is 3.52. The summed E-state index contributed by atoms with van der Waals surface area (Å²) in [4.78, 5) is 60.5. The van der Waals surface area contributed by atoms with E-state index >= 15 is 0 Å². The van der Waals surface area contributed by atoms with Crippen molar-refractivity contribution in [3.05, 3.63) is 40.0 Å². The number of thioether (sulfide) groups is 2. The monoisotopic (exact) mass is 595 g/mol. The number of carboxylic acids is 1. The van der Waals surface area contributed by atoms with Crippen LogP contribution in [0, 0.1) is 12.8 Å². The quantitative estimate of drug-likeness (QED) is 0.0809. The molecule has 16 heteroatoms. The molecule has 13 nitrogen and oxygen atoms in total. The number of aryl methyl sites for hydroxylation is 1. The van der Waals surface area contributed by atoms with E-state index < -0.39 is 29.2 Å². The van der Waals surface area contributed by atoms with Gasteiger partial charge in [0.1, 0.15) is 28.7 Å². The third kappa shape index (κ3) is 5.18. The Kier molecular flexibility index (Phi) is 8.32. The predicted octanol–water partition coefficient (Wildman–Crippen LogP) is -2.90. The number of carbonyl (C=O) groups is 4. The maximum Gasteiger partial charge on any atom is 1.00 e. The van der Waals surface area contributed by atoms with Crippen molar-refractivity contribution in [2.75, 3.05) is 18.1 Å². The summed E-state index contributed by atoms with van der Waals surface area (Å²) >= 11 is 2.58. The van der Waals surface area contributed by atoms with Crippen LogP contribution >= 0.6 is 23.5 Å². The molecule has 0 bridgehead atoms. The number of amides is 3. The zero-order valence-electron chi connectivity index (χ0n) is 22.8. The fourth-order valence-electron chi connectivity index (χ4n) is 5.17. The maximum absolute atomic E-state index is 13.2. The van der Waals surface area contributed by atoms with Gasteiger partial charge >= 0.3 is 35.5 Å². The SMILES string of the molecule is Cc1cc(SCC(=O)N[C@@H]2C(=O)N3C(C(=O)O)=C(C(=C4CCNC4=O)C4CC4)CS[C@H]23)n2nc(CO)nc2n1.[H-].[Na+]. The van der Waals surface area contributed by atoms with Gasteiger partial charge in [0.2, 0.25) is 11.8 Å². The van der Waals surface area contributed by atoms with Crippen molar-refractivity contribution in [2.45, 2.75) is 49.2 Å². The zero-order chi connectivity index (χ0) is 27.4. The Bertz CT molecular complexity index is 1510. The standard InChI is InChI=1S/C24H25N7O6S2.Na.H/c1-10-6-16(31-24(26-10)27-14(7-32)29-31)38-9-15(33)28-18-21(35)30-19(23(36)37)13(8-39-22(18)30)17(11-2-3-11)12-4-5-25-20(12)34;;/h6,11,18,22,32H,2-5,7-9H2,1H3,(H,25,34)(H,28,33)(H,36,37);;/q;+1;-1/t18-,22-;;/m1../s1. The van der Waals surface area contributed by atoms with Crippen LogP contribution in [-0.2, 0) is 25.8 Å². The van der Waals surface area contributed by atoms with Crippen molar-refractivity contribution in [1.29, 1.82) is 0 Å². The molecule has 0 radical (unpaired) electrons. The number of nitrogens with zero attached hydrogens (tertiary/aromatic N) is 5. The minimum atomic E-state index is -1.21. The van der Waals surface area contributed by atoms with Gasteiger partial charge in [0.15, 0.2) is 5.82 Å². The molecule has 0 unspecified atom stereocenters. The fourth-order valence-corrected chi connectivity index (χ4v) is 7.40. The van der Waals surface area contributed by atoms with Crippen LogP contribution in [0.2, 0.25) is 0 Å². The van der Waals surface area contributed by atoms with E-state index in [-0.39, 0.29) is 66.7 Å². The summed E-state index contributed by atoms with van der Waals surface area (Å²) in [5.41, 5.74) is 2.53. The van der Waals surface area contributed by atoms with Crippen LogP contribution < -0.4 is 40.2 Å². The summed E-state index contributed by atoms with van der Waals surface area (Å²) in [6, 6.07) is 0.896. The average molecular weight is 596 g/mol.